The maximum Gasteiger partial charge on any atom is 0.337 e. The molecule has 1 N–H and O–H groups in total. The highest BCUT2D eigenvalue weighted by Crippen LogP contribution is 2.22. The number of amides is 1. The van der Waals surface area contributed by atoms with Gasteiger partial charge in [0.2, 0.25) is 0 Å². The number of carbonyl (C=O) groups excluding carboxylic acids is 1. The van der Waals surface area contributed by atoms with Crippen molar-refractivity contribution in [2.24, 2.45) is 0 Å². The van der Waals surface area contributed by atoms with Crippen molar-refractivity contribution in [2.45, 2.75) is 20.8 Å². The van der Waals surface area contributed by atoms with Gasteiger partial charge in [-0.2, -0.15) is 0 Å². The topological polar surface area (TPSA) is 71.8 Å². The van der Waals surface area contributed by atoms with E-state index in [1.54, 1.807) is 18.2 Å². The fourth-order valence-electron chi connectivity index (χ4n) is 2.55. The number of nitrogens with one attached hydrogen (secondary N) is 1. The molecule has 1 aromatic heterocycles. The maximum atomic E-state index is 12.4. The van der Waals surface area contributed by atoms with Crippen LogP contribution < -0.4 is 15.7 Å². The zero-order valence-electron chi connectivity index (χ0n) is 14.4. The molecular formula is C18H24N2O4. The summed E-state index contributed by atoms with van der Waals surface area (Å²) in [5.41, 5.74) is 0.122. The van der Waals surface area contributed by atoms with Gasteiger partial charge in [-0.25, -0.2) is 4.79 Å². The van der Waals surface area contributed by atoms with Crippen molar-refractivity contribution in [3.8, 4) is 5.75 Å². The Morgan fingerprint density at radius 2 is 1.96 bits per heavy atom. The van der Waals surface area contributed by atoms with E-state index in [0.717, 1.165) is 19.6 Å². The van der Waals surface area contributed by atoms with Gasteiger partial charge in [-0.15, -0.1) is 0 Å². The molecule has 2 aromatic rings. The van der Waals surface area contributed by atoms with Crippen LogP contribution in [0.3, 0.4) is 0 Å². The Morgan fingerprint density at radius 3 is 2.62 bits per heavy atom. The molecule has 1 heterocycles. The monoisotopic (exact) mass is 332 g/mol. The van der Waals surface area contributed by atoms with Crippen LogP contribution in [-0.4, -0.2) is 43.6 Å². The molecule has 6 heteroatoms. The minimum atomic E-state index is -0.551. The van der Waals surface area contributed by atoms with Gasteiger partial charge in [0.05, 0.1) is 12.2 Å². The zero-order chi connectivity index (χ0) is 17.5. The average molecular weight is 332 g/mol. The molecule has 6 nitrogen and oxygen atoms in total. The lowest BCUT2D eigenvalue weighted by Crippen LogP contribution is -2.35. The van der Waals surface area contributed by atoms with Gasteiger partial charge in [0.25, 0.3) is 5.91 Å². The number of carbonyl (C=O) groups is 1. The third-order valence-corrected chi connectivity index (χ3v) is 3.88. The van der Waals surface area contributed by atoms with Crippen LogP contribution >= 0.6 is 0 Å². The Hall–Kier alpha value is -2.34. The van der Waals surface area contributed by atoms with Gasteiger partial charge >= 0.3 is 5.63 Å². The summed E-state index contributed by atoms with van der Waals surface area (Å²) in [6.07, 6.45) is 0. The second-order valence-electron chi connectivity index (χ2n) is 5.35. The predicted octanol–water partition coefficient (Wildman–Crippen LogP) is 2.26. The van der Waals surface area contributed by atoms with E-state index >= 15 is 0 Å². The molecule has 0 spiro atoms. The standard InChI is InChI=1S/C18H24N2O4/c1-4-20(5-2)10-9-19-18(22)15-12-17(21)24-16-11-13(23-6-3)7-8-14(15)16/h7-8,11-12H,4-6,9-10H2,1-3H3,(H,19,22). The summed E-state index contributed by atoms with van der Waals surface area (Å²) in [5, 5.41) is 3.46. The van der Waals surface area contributed by atoms with Crippen molar-refractivity contribution in [3.05, 3.63) is 40.2 Å². The number of hydrogen-bond donors (Lipinski definition) is 1. The second-order valence-corrected chi connectivity index (χ2v) is 5.35. The molecule has 0 aliphatic rings. The zero-order valence-corrected chi connectivity index (χ0v) is 14.4. The van der Waals surface area contributed by atoms with Crippen LogP contribution in [-0.2, 0) is 0 Å². The molecule has 0 fully saturated rings. The third kappa shape index (κ3) is 4.35. The van der Waals surface area contributed by atoms with Gasteiger partial charge in [0.1, 0.15) is 11.3 Å². The molecule has 0 radical (unpaired) electrons. The van der Waals surface area contributed by atoms with Crippen LogP contribution in [0.5, 0.6) is 5.75 Å². The summed E-state index contributed by atoms with van der Waals surface area (Å²) >= 11 is 0. The second kappa shape index (κ2) is 8.49. The lowest BCUT2D eigenvalue weighted by Gasteiger charge is -2.18. The maximum absolute atomic E-state index is 12.4. The molecule has 0 atom stereocenters. The third-order valence-electron chi connectivity index (χ3n) is 3.88. The molecule has 24 heavy (non-hydrogen) atoms. The van der Waals surface area contributed by atoms with Crippen LogP contribution in [0, 0.1) is 0 Å². The molecule has 1 aromatic carbocycles. The van der Waals surface area contributed by atoms with Crippen molar-refractivity contribution in [1.29, 1.82) is 0 Å². The first-order chi connectivity index (χ1) is 11.6. The predicted molar refractivity (Wildman–Crippen MR) is 93.8 cm³/mol. The quantitative estimate of drug-likeness (QED) is 0.751. The van der Waals surface area contributed by atoms with Crippen molar-refractivity contribution in [2.75, 3.05) is 32.8 Å². The number of nitrogens with zero attached hydrogens (tertiary/aromatic N) is 1. The molecule has 0 unspecified atom stereocenters. The molecule has 0 bridgehead atoms. The van der Waals surface area contributed by atoms with Crippen LogP contribution in [0.25, 0.3) is 11.0 Å². The van der Waals surface area contributed by atoms with Gasteiger partial charge in [0.15, 0.2) is 0 Å². The van der Waals surface area contributed by atoms with Crippen LogP contribution in [0.1, 0.15) is 31.1 Å². The van der Waals surface area contributed by atoms with Gasteiger partial charge in [-0.3, -0.25) is 4.79 Å². The molecule has 2 rings (SSSR count). The van der Waals surface area contributed by atoms with Crippen molar-refractivity contribution in [1.82, 2.24) is 10.2 Å². The van der Waals surface area contributed by atoms with E-state index in [2.05, 4.69) is 24.1 Å². The number of rotatable bonds is 8. The fourth-order valence-corrected chi connectivity index (χ4v) is 2.55. The molecule has 130 valence electrons. The first kappa shape index (κ1) is 18.0. The highest BCUT2D eigenvalue weighted by molar-refractivity contribution is 6.05. The fraction of sp³-hybridized carbons (Fsp3) is 0.444. The van der Waals surface area contributed by atoms with Gasteiger partial charge in [0, 0.05) is 30.6 Å². The van der Waals surface area contributed by atoms with E-state index in [1.807, 2.05) is 6.92 Å². The summed E-state index contributed by atoms with van der Waals surface area (Å²) in [4.78, 5) is 26.4. The molecule has 0 saturated heterocycles. The molecule has 0 aliphatic carbocycles. The summed E-state index contributed by atoms with van der Waals surface area (Å²) in [5.74, 6) is 0.330. The highest BCUT2D eigenvalue weighted by Gasteiger charge is 2.14. The Balaban J connectivity index is 2.21. The summed E-state index contributed by atoms with van der Waals surface area (Å²) in [6.45, 7) is 9.72. The van der Waals surface area contributed by atoms with E-state index < -0.39 is 5.63 Å². The normalized spacial score (nSPS) is 11.0. The van der Waals surface area contributed by atoms with E-state index in [0.29, 0.717) is 35.4 Å². The summed E-state index contributed by atoms with van der Waals surface area (Å²) in [6, 6.07) is 6.36. The van der Waals surface area contributed by atoms with E-state index in [4.69, 9.17) is 9.15 Å². The van der Waals surface area contributed by atoms with Crippen LogP contribution in [0.15, 0.2) is 33.5 Å². The van der Waals surface area contributed by atoms with Crippen LogP contribution in [0.2, 0.25) is 0 Å². The van der Waals surface area contributed by atoms with Crippen molar-refractivity contribution >= 4 is 16.9 Å². The highest BCUT2D eigenvalue weighted by atomic mass is 16.5. The van der Waals surface area contributed by atoms with E-state index in [9.17, 15) is 9.59 Å². The number of hydrogen-bond acceptors (Lipinski definition) is 5. The van der Waals surface area contributed by atoms with Crippen LogP contribution in [0.4, 0.5) is 0 Å². The number of benzene rings is 1. The molecule has 1 amide bonds. The Bertz CT molecular complexity index is 750. The number of likely N-dealkylation sites (N-methyl/N-ethyl adjacent to an activating group) is 1. The average Bonchev–Trinajstić information content (AvgIpc) is 2.57. The van der Waals surface area contributed by atoms with Gasteiger partial charge in [-0.1, -0.05) is 13.8 Å². The minimum Gasteiger partial charge on any atom is -0.494 e. The van der Waals surface area contributed by atoms with E-state index in [-0.39, 0.29) is 5.91 Å². The summed E-state index contributed by atoms with van der Waals surface area (Å²) < 4.78 is 10.6. The van der Waals surface area contributed by atoms with Gasteiger partial charge in [-0.05, 0) is 32.1 Å². The summed E-state index contributed by atoms with van der Waals surface area (Å²) in [7, 11) is 0. The van der Waals surface area contributed by atoms with E-state index in [1.165, 1.54) is 6.07 Å². The lowest BCUT2D eigenvalue weighted by atomic mass is 10.1. The lowest BCUT2D eigenvalue weighted by molar-refractivity contribution is 0.0950. The Morgan fingerprint density at radius 1 is 1.21 bits per heavy atom. The smallest absolute Gasteiger partial charge is 0.337 e. The van der Waals surface area contributed by atoms with Gasteiger partial charge < -0.3 is 19.4 Å². The molecule has 0 aliphatic heterocycles. The largest absolute Gasteiger partial charge is 0.494 e. The van der Waals surface area contributed by atoms with Crippen molar-refractivity contribution in [3.63, 3.8) is 0 Å². The number of ether oxygens (including phenoxy) is 1. The Kier molecular flexibility index (Phi) is 6.37. The Labute approximate surface area is 141 Å². The molecule has 0 saturated carbocycles. The minimum absolute atomic E-state index is 0.274. The number of fused-ring (bicyclic) bond motifs is 1. The molecular weight excluding hydrogens is 308 g/mol. The SMILES string of the molecule is CCOc1ccc2c(C(=O)NCCN(CC)CC)cc(=O)oc2c1. The van der Waals surface area contributed by atoms with Crippen molar-refractivity contribution < 1.29 is 13.9 Å². The first-order valence-electron chi connectivity index (χ1n) is 8.30. The first-order valence-corrected chi connectivity index (χ1v) is 8.30.